The van der Waals surface area contributed by atoms with Crippen LogP contribution in [0.3, 0.4) is 0 Å². The highest BCUT2D eigenvalue weighted by Crippen LogP contribution is 2.37. The first-order valence-corrected chi connectivity index (χ1v) is 6.59. The van der Waals surface area contributed by atoms with Crippen LogP contribution < -0.4 is 5.32 Å². The molecule has 18 heavy (non-hydrogen) atoms. The van der Waals surface area contributed by atoms with Gasteiger partial charge in [-0.05, 0) is 29.9 Å². The molecule has 0 heterocycles. The van der Waals surface area contributed by atoms with E-state index in [1.54, 1.807) is 12.1 Å². The Morgan fingerprint density at radius 1 is 1.39 bits per heavy atom. The Balaban J connectivity index is 1.96. The second kappa shape index (κ2) is 5.35. The van der Waals surface area contributed by atoms with E-state index in [-0.39, 0.29) is 5.56 Å². The first-order chi connectivity index (χ1) is 8.49. The van der Waals surface area contributed by atoms with Crippen molar-refractivity contribution in [1.82, 2.24) is 5.32 Å². The van der Waals surface area contributed by atoms with Gasteiger partial charge in [-0.25, -0.2) is 8.78 Å². The molecule has 1 aliphatic rings. The van der Waals surface area contributed by atoms with E-state index >= 15 is 0 Å². The van der Waals surface area contributed by atoms with Crippen molar-refractivity contribution in [3.05, 3.63) is 35.4 Å². The minimum absolute atomic E-state index is 0.111. The Labute approximate surface area is 108 Å². The molecule has 0 aliphatic heterocycles. The largest absolute Gasteiger partial charge is 0.309 e. The lowest BCUT2D eigenvalue weighted by Gasteiger charge is -2.28. The van der Waals surface area contributed by atoms with Gasteiger partial charge in [0, 0.05) is 18.2 Å². The van der Waals surface area contributed by atoms with Crippen LogP contribution in [0.5, 0.6) is 0 Å². The summed E-state index contributed by atoms with van der Waals surface area (Å²) in [6, 6.07) is 7.18. The number of benzene rings is 1. The van der Waals surface area contributed by atoms with Crippen molar-refractivity contribution in [2.45, 2.75) is 52.1 Å². The topological polar surface area (TPSA) is 12.0 Å². The van der Waals surface area contributed by atoms with Crippen molar-refractivity contribution in [2.24, 2.45) is 5.41 Å². The number of nitrogens with one attached hydrogen (secondary N) is 1. The van der Waals surface area contributed by atoms with Gasteiger partial charge in [0.2, 0.25) is 0 Å². The lowest BCUT2D eigenvalue weighted by atomic mass is 9.87. The Kier molecular flexibility index (Phi) is 4.00. The Morgan fingerprint density at radius 3 is 2.78 bits per heavy atom. The molecule has 0 aromatic heterocycles. The van der Waals surface area contributed by atoms with Gasteiger partial charge in [0.05, 0.1) is 0 Å². The maximum Gasteiger partial charge on any atom is 0.263 e. The summed E-state index contributed by atoms with van der Waals surface area (Å²) in [5.41, 5.74) is 1.37. The van der Waals surface area contributed by atoms with E-state index < -0.39 is 6.43 Å². The summed E-state index contributed by atoms with van der Waals surface area (Å²) < 4.78 is 25.2. The molecule has 2 rings (SSSR count). The van der Waals surface area contributed by atoms with E-state index in [0.29, 0.717) is 18.0 Å². The molecule has 3 heteroatoms. The maximum absolute atomic E-state index is 12.6. The van der Waals surface area contributed by atoms with E-state index in [2.05, 4.69) is 19.2 Å². The average Bonchev–Trinajstić information content (AvgIpc) is 2.66. The quantitative estimate of drug-likeness (QED) is 0.844. The van der Waals surface area contributed by atoms with Gasteiger partial charge in [-0.2, -0.15) is 0 Å². The molecule has 1 saturated carbocycles. The van der Waals surface area contributed by atoms with Gasteiger partial charge >= 0.3 is 0 Å². The molecule has 1 N–H and O–H groups in total. The highest BCUT2D eigenvalue weighted by atomic mass is 19.3. The molecule has 100 valence electrons. The fourth-order valence-corrected chi connectivity index (χ4v) is 2.78. The summed E-state index contributed by atoms with van der Waals surface area (Å²) in [5.74, 6) is 0. The smallest absolute Gasteiger partial charge is 0.263 e. The van der Waals surface area contributed by atoms with Gasteiger partial charge in [0.1, 0.15) is 0 Å². The number of alkyl halides is 2. The van der Waals surface area contributed by atoms with Gasteiger partial charge in [-0.15, -0.1) is 0 Å². The van der Waals surface area contributed by atoms with Crippen molar-refractivity contribution in [1.29, 1.82) is 0 Å². The molecule has 1 fully saturated rings. The lowest BCUT2D eigenvalue weighted by Crippen LogP contribution is -2.37. The average molecular weight is 253 g/mol. The number of hydrogen-bond acceptors (Lipinski definition) is 1. The Bertz CT molecular complexity index is 401. The van der Waals surface area contributed by atoms with Gasteiger partial charge in [0.15, 0.2) is 0 Å². The minimum Gasteiger partial charge on any atom is -0.309 e. The zero-order valence-electron chi connectivity index (χ0n) is 11.0. The van der Waals surface area contributed by atoms with E-state index in [0.717, 1.165) is 5.56 Å². The summed E-state index contributed by atoms with van der Waals surface area (Å²) in [4.78, 5) is 0. The highest BCUT2D eigenvalue weighted by Gasteiger charge is 2.33. The lowest BCUT2D eigenvalue weighted by molar-refractivity contribution is 0.151. The summed E-state index contributed by atoms with van der Waals surface area (Å²) in [6.07, 6.45) is 1.29. The van der Waals surface area contributed by atoms with Crippen LogP contribution in [0.2, 0.25) is 0 Å². The van der Waals surface area contributed by atoms with E-state index in [1.807, 2.05) is 6.07 Å². The standard InChI is InChI=1S/C15H21F2N/c1-15(2)8-4-7-13(15)18-10-11-5-3-6-12(9-11)14(16)17/h3,5-6,9,13-14,18H,4,7-8,10H2,1-2H3. The normalized spacial score (nSPS) is 22.6. The molecule has 0 radical (unpaired) electrons. The summed E-state index contributed by atoms with van der Waals surface area (Å²) >= 11 is 0. The van der Waals surface area contributed by atoms with Crippen molar-refractivity contribution < 1.29 is 8.78 Å². The summed E-state index contributed by atoms with van der Waals surface area (Å²) in [6.45, 7) is 5.22. The van der Waals surface area contributed by atoms with Crippen LogP contribution in [0.1, 0.15) is 50.7 Å². The fraction of sp³-hybridized carbons (Fsp3) is 0.600. The molecule has 1 aromatic rings. The molecule has 1 atom stereocenters. The SMILES string of the molecule is CC1(C)CCCC1NCc1cccc(C(F)F)c1. The number of halogens is 2. The van der Waals surface area contributed by atoms with Gasteiger partial charge in [0.25, 0.3) is 6.43 Å². The van der Waals surface area contributed by atoms with Crippen LogP contribution in [-0.2, 0) is 6.54 Å². The Hall–Kier alpha value is -0.960. The predicted molar refractivity (Wildman–Crippen MR) is 69.7 cm³/mol. The molecule has 1 aliphatic carbocycles. The van der Waals surface area contributed by atoms with E-state index in [4.69, 9.17) is 0 Å². The minimum atomic E-state index is -2.38. The third kappa shape index (κ3) is 3.08. The van der Waals surface area contributed by atoms with Crippen LogP contribution in [0.4, 0.5) is 8.78 Å². The van der Waals surface area contributed by atoms with Crippen LogP contribution in [0.15, 0.2) is 24.3 Å². The van der Waals surface area contributed by atoms with Crippen molar-refractivity contribution in [3.63, 3.8) is 0 Å². The number of hydrogen-bond donors (Lipinski definition) is 1. The zero-order valence-corrected chi connectivity index (χ0v) is 11.0. The number of rotatable bonds is 4. The zero-order chi connectivity index (χ0) is 13.2. The van der Waals surface area contributed by atoms with Crippen LogP contribution >= 0.6 is 0 Å². The summed E-state index contributed by atoms with van der Waals surface area (Å²) in [7, 11) is 0. The van der Waals surface area contributed by atoms with Crippen molar-refractivity contribution in [3.8, 4) is 0 Å². The van der Waals surface area contributed by atoms with Crippen LogP contribution in [0.25, 0.3) is 0 Å². The van der Waals surface area contributed by atoms with Crippen molar-refractivity contribution in [2.75, 3.05) is 0 Å². The summed E-state index contributed by atoms with van der Waals surface area (Å²) in [5, 5.41) is 3.51. The molecule has 1 unspecified atom stereocenters. The molecule has 1 nitrogen and oxygen atoms in total. The van der Waals surface area contributed by atoms with Crippen molar-refractivity contribution >= 4 is 0 Å². The monoisotopic (exact) mass is 253 g/mol. The third-order valence-electron chi connectivity index (χ3n) is 4.01. The third-order valence-corrected chi connectivity index (χ3v) is 4.01. The molecule has 0 amide bonds. The van der Waals surface area contributed by atoms with E-state index in [9.17, 15) is 8.78 Å². The molecular weight excluding hydrogens is 232 g/mol. The highest BCUT2D eigenvalue weighted by molar-refractivity contribution is 5.24. The fourth-order valence-electron chi connectivity index (χ4n) is 2.78. The second-order valence-electron chi connectivity index (χ2n) is 5.86. The maximum atomic E-state index is 12.6. The second-order valence-corrected chi connectivity index (χ2v) is 5.86. The first kappa shape index (κ1) is 13.5. The molecular formula is C15H21F2N. The Morgan fingerprint density at radius 2 is 2.17 bits per heavy atom. The predicted octanol–water partition coefficient (Wildman–Crippen LogP) is 4.29. The van der Waals surface area contributed by atoms with Crippen LogP contribution in [-0.4, -0.2) is 6.04 Å². The van der Waals surface area contributed by atoms with Gasteiger partial charge in [-0.3, -0.25) is 0 Å². The molecule has 0 saturated heterocycles. The van der Waals surface area contributed by atoms with Gasteiger partial charge in [-0.1, -0.05) is 38.5 Å². The van der Waals surface area contributed by atoms with Crippen LogP contribution in [0, 0.1) is 5.41 Å². The van der Waals surface area contributed by atoms with E-state index in [1.165, 1.54) is 25.3 Å². The van der Waals surface area contributed by atoms with Gasteiger partial charge < -0.3 is 5.32 Å². The first-order valence-electron chi connectivity index (χ1n) is 6.59. The molecule has 1 aromatic carbocycles. The molecule has 0 bridgehead atoms. The molecule has 0 spiro atoms.